The normalized spacial score (nSPS) is 23.5. The summed E-state index contributed by atoms with van der Waals surface area (Å²) in [4.78, 5) is 35.3. The van der Waals surface area contributed by atoms with Gasteiger partial charge in [0.05, 0.1) is 6.61 Å². The first-order chi connectivity index (χ1) is 25.4. The van der Waals surface area contributed by atoms with E-state index in [1.54, 1.807) is 0 Å². The number of allylic oxidation sites excluding steroid dienone is 2. The minimum absolute atomic E-state index is 0.0979. The quantitative estimate of drug-likeness (QED) is 0.0177. The number of hydrogen-bond acceptors (Lipinski definition) is 12. The van der Waals surface area contributed by atoms with E-state index >= 15 is 0 Å². The summed E-state index contributed by atoms with van der Waals surface area (Å²) in [5.41, 5.74) is 0. The van der Waals surface area contributed by atoms with Crippen LogP contribution in [-0.4, -0.2) is 98.3 Å². The minimum Gasteiger partial charge on any atom is -0.462 e. The van der Waals surface area contributed by atoms with E-state index in [1.807, 2.05) is 0 Å². The van der Waals surface area contributed by atoms with Crippen molar-refractivity contribution in [3.8, 4) is 0 Å². The Morgan fingerprint density at radius 3 is 1.45 bits per heavy atom. The van der Waals surface area contributed by atoms with Crippen LogP contribution in [0, 0.1) is 0 Å². The Kier molecular flexibility index (Phi) is 28.8. The van der Waals surface area contributed by atoms with Crippen LogP contribution in [0.25, 0.3) is 0 Å². The highest BCUT2D eigenvalue weighted by Crippen LogP contribution is 2.47. The average molecular weight is 781 g/mol. The lowest BCUT2D eigenvalue weighted by atomic mass is 9.85. The Bertz CT molecular complexity index is 996. The topological polar surface area (TPSA) is 210 Å². The number of hydrogen-bond donors (Lipinski definition) is 6. The Morgan fingerprint density at radius 1 is 0.566 bits per heavy atom. The maximum Gasteiger partial charge on any atom is 0.472 e. The van der Waals surface area contributed by atoms with E-state index in [0.717, 1.165) is 57.8 Å². The molecule has 312 valence electrons. The van der Waals surface area contributed by atoms with Crippen molar-refractivity contribution in [3.05, 3.63) is 12.2 Å². The number of esters is 2. The summed E-state index contributed by atoms with van der Waals surface area (Å²) in [6.07, 6.45) is 16.0. The van der Waals surface area contributed by atoms with Crippen molar-refractivity contribution < 1.29 is 63.1 Å². The first-order valence-corrected chi connectivity index (χ1v) is 22.0. The van der Waals surface area contributed by atoms with Crippen LogP contribution in [0.2, 0.25) is 0 Å². The highest BCUT2D eigenvalue weighted by Gasteiger charge is 2.51. The fraction of sp³-hybridized carbons (Fsp3) is 0.897. The van der Waals surface area contributed by atoms with Gasteiger partial charge in [0.2, 0.25) is 0 Å². The standard InChI is InChI=1S/C39H73O13P/c1-3-5-7-9-11-12-13-14-15-16-17-18-19-20-22-23-25-27-32(40)49-29-31(51-33(41)28-26-24-21-10-8-6-4-2)30-50-53(47,48)52-39-37(45)35(43)34(42)36(44)38(39)46/h12-13,31,34-39,42-46H,3-11,14-30H2,1-2H3,(H,47,48)/b13-12+/t31-,34?,35-,36?,37?,38?,39?/m0/s1. The largest absolute Gasteiger partial charge is 0.472 e. The molecule has 1 aliphatic rings. The highest BCUT2D eigenvalue weighted by atomic mass is 31.2. The summed E-state index contributed by atoms with van der Waals surface area (Å²) in [7, 11) is -5.10. The van der Waals surface area contributed by atoms with Gasteiger partial charge in [-0.25, -0.2) is 4.57 Å². The molecule has 0 amide bonds. The maximum absolute atomic E-state index is 12.7. The summed E-state index contributed by atoms with van der Waals surface area (Å²) in [6, 6.07) is 0. The lowest BCUT2D eigenvalue weighted by Gasteiger charge is -2.41. The van der Waals surface area contributed by atoms with Gasteiger partial charge < -0.3 is 39.9 Å². The molecule has 0 aromatic carbocycles. The number of unbranched alkanes of at least 4 members (excludes halogenated alkanes) is 19. The van der Waals surface area contributed by atoms with Crippen molar-refractivity contribution in [1.29, 1.82) is 0 Å². The smallest absolute Gasteiger partial charge is 0.462 e. The molecule has 1 saturated carbocycles. The summed E-state index contributed by atoms with van der Waals surface area (Å²) in [6.45, 7) is 3.20. The maximum atomic E-state index is 12.7. The van der Waals surface area contributed by atoms with Crippen molar-refractivity contribution in [3.63, 3.8) is 0 Å². The lowest BCUT2D eigenvalue weighted by molar-refractivity contribution is -0.220. The number of phosphoric ester groups is 1. The number of phosphoric acid groups is 1. The van der Waals surface area contributed by atoms with Gasteiger partial charge in [-0.3, -0.25) is 18.6 Å². The zero-order valence-corrected chi connectivity index (χ0v) is 33.5. The zero-order valence-electron chi connectivity index (χ0n) is 32.6. The van der Waals surface area contributed by atoms with Crippen LogP contribution in [-0.2, 0) is 32.7 Å². The van der Waals surface area contributed by atoms with Crippen molar-refractivity contribution in [2.45, 2.75) is 211 Å². The third-order valence-electron chi connectivity index (χ3n) is 9.61. The van der Waals surface area contributed by atoms with Gasteiger partial charge in [0.1, 0.15) is 43.2 Å². The molecule has 0 aromatic heterocycles. The molecule has 53 heavy (non-hydrogen) atoms. The number of ether oxygens (including phenoxy) is 2. The van der Waals surface area contributed by atoms with E-state index in [1.165, 1.54) is 70.6 Å². The van der Waals surface area contributed by atoms with E-state index < -0.39 is 75.7 Å². The first-order valence-electron chi connectivity index (χ1n) is 20.5. The molecule has 0 saturated heterocycles. The molecule has 0 spiro atoms. The monoisotopic (exact) mass is 780 g/mol. The van der Waals surface area contributed by atoms with Crippen molar-refractivity contribution >= 4 is 19.8 Å². The van der Waals surface area contributed by atoms with E-state index in [4.69, 9.17) is 18.5 Å². The lowest BCUT2D eigenvalue weighted by Crippen LogP contribution is -2.64. The van der Waals surface area contributed by atoms with Crippen molar-refractivity contribution in [2.24, 2.45) is 0 Å². The summed E-state index contributed by atoms with van der Waals surface area (Å²) >= 11 is 0. The van der Waals surface area contributed by atoms with Crippen molar-refractivity contribution in [1.82, 2.24) is 0 Å². The van der Waals surface area contributed by atoms with Gasteiger partial charge in [0.15, 0.2) is 6.10 Å². The number of aliphatic hydroxyl groups excluding tert-OH is 5. The summed E-state index contributed by atoms with van der Waals surface area (Å²) < 4.78 is 33.3. The molecule has 13 nitrogen and oxygen atoms in total. The summed E-state index contributed by atoms with van der Waals surface area (Å²) in [5, 5.41) is 49.9. The van der Waals surface area contributed by atoms with Gasteiger partial charge in [0, 0.05) is 12.8 Å². The molecule has 8 atom stereocenters. The van der Waals surface area contributed by atoms with Gasteiger partial charge in [-0.2, -0.15) is 0 Å². The molecule has 0 heterocycles. The molecule has 1 rings (SSSR count). The predicted molar refractivity (Wildman–Crippen MR) is 203 cm³/mol. The Labute approximate surface area is 318 Å². The van der Waals surface area contributed by atoms with Gasteiger partial charge in [-0.1, -0.05) is 129 Å². The van der Waals surface area contributed by atoms with E-state index in [0.29, 0.717) is 12.8 Å². The van der Waals surface area contributed by atoms with Crippen molar-refractivity contribution in [2.75, 3.05) is 13.2 Å². The molecular formula is C39H73O13P. The van der Waals surface area contributed by atoms with E-state index in [-0.39, 0.29) is 12.8 Å². The molecule has 0 radical (unpaired) electrons. The number of rotatable bonds is 33. The van der Waals surface area contributed by atoms with Gasteiger partial charge in [-0.05, 0) is 38.5 Å². The minimum atomic E-state index is -5.10. The molecule has 6 unspecified atom stereocenters. The Balaban J connectivity index is 2.43. The third-order valence-corrected chi connectivity index (χ3v) is 10.6. The van der Waals surface area contributed by atoms with E-state index in [2.05, 4.69) is 26.0 Å². The number of aliphatic hydroxyl groups is 5. The van der Waals surface area contributed by atoms with Gasteiger partial charge in [0.25, 0.3) is 0 Å². The molecule has 1 aliphatic carbocycles. The van der Waals surface area contributed by atoms with Crippen LogP contribution in [0.1, 0.15) is 168 Å². The predicted octanol–water partition coefficient (Wildman–Crippen LogP) is 6.72. The Morgan fingerprint density at radius 2 is 0.962 bits per heavy atom. The molecule has 1 fully saturated rings. The van der Waals surface area contributed by atoms with Gasteiger partial charge >= 0.3 is 19.8 Å². The molecule has 0 bridgehead atoms. The average Bonchev–Trinajstić information content (AvgIpc) is 3.13. The van der Waals surface area contributed by atoms with Crippen LogP contribution in [0.5, 0.6) is 0 Å². The molecule has 14 heteroatoms. The van der Waals surface area contributed by atoms with Crippen LogP contribution in [0.15, 0.2) is 12.2 Å². The van der Waals surface area contributed by atoms with Gasteiger partial charge in [-0.15, -0.1) is 0 Å². The van der Waals surface area contributed by atoms with Crippen LogP contribution in [0.3, 0.4) is 0 Å². The van der Waals surface area contributed by atoms with Crippen LogP contribution in [0.4, 0.5) is 0 Å². The fourth-order valence-electron chi connectivity index (χ4n) is 6.22. The summed E-state index contributed by atoms with van der Waals surface area (Å²) in [5.74, 6) is -1.10. The Hall–Kier alpha value is -1.41. The first kappa shape index (κ1) is 49.6. The second-order valence-corrected chi connectivity index (χ2v) is 15.9. The molecular weight excluding hydrogens is 707 g/mol. The number of carbonyl (C=O) groups excluding carboxylic acids is 2. The highest BCUT2D eigenvalue weighted by molar-refractivity contribution is 7.47. The van der Waals surface area contributed by atoms with Crippen LogP contribution < -0.4 is 0 Å². The number of carbonyl (C=O) groups is 2. The molecule has 0 aromatic rings. The third kappa shape index (κ3) is 24.0. The second-order valence-electron chi connectivity index (χ2n) is 14.5. The molecule has 0 aliphatic heterocycles. The zero-order chi connectivity index (χ0) is 39.3. The second kappa shape index (κ2) is 30.8. The van der Waals surface area contributed by atoms with Crippen LogP contribution >= 0.6 is 7.82 Å². The SMILES string of the molecule is CCCCCC/C=C/CCCCCCCCCCCC(=O)OC[C@@H](COP(=O)(O)OC1C(O)C(O)C(O)[C@H](O)C1O)OC(=O)CCCCCCCCC. The van der Waals surface area contributed by atoms with E-state index in [9.17, 15) is 44.6 Å². The fourth-order valence-corrected chi connectivity index (χ4v) is 7.19. The molecule has 6 N–H and O–H groups in total.